The Kier molecular flexibility index (Phi) is 5.64. The molecule has 3 heterocycles. The number of imidazole rings is 1. The summed E-state index contributed by atoms with van der Waals surface area (Å²) >= 11 is 1.53. The smallest absolute Gasteiger partial charge is 0.359 e. The lowest BCUT2D eigenvalue weighted by Crippen LogP contribution is -2.64. The Morgan fingerprint density at radius 2 is 2.10 bits per heavy atom. The van der Waals surface area contributed by atoms with Crippen LogP contribution in [0.15, 0.2) is 23.8 Å². The van der Waals surface area contributed by atoms with E-state index in [9.17, 15) is 14.4 Å². The number of thiophene rings is 1. The second-order valence-corrected chi connectivity index (χ2v) is 9.15. The third-order valence-corrected chi connectivity index (χ3v) is 6.92. The van der Waals surface area contributed by atoms with Crippen LogP contribution < -0.4 is 5.32 Å². The lowest BCUT2D eigenvalue weighted by atomic mass is 9.91. The first kappa shape index (κ1) is 20.6. The van der Waals surface area contributed by atoms with Crippen molar-refractivity contribution < 1.29 is 19.1 Å². The highest BCUT2D eigenvalue weighted by Crippen LogP contribution is 2.32. The van der Waals surface area contributed by atoms with Crippen LogP contribution in [0.5, 0.6) is 0 Å². The molecule has 160 valence electrons. The van der Waals surface area contributed by atoms with Gasteiger partial charge in [0, 0.05) is 10.9 Å². The molecule has 0 aromatic carbocycles. The molecule has 1 saturated carbocycles. The molecule has 1 fully saturated rings. The van der Waals surface area contributed by atoms with E-state index in [1.54, 1.807) is 16.4 Å². The molecule has 1 aliphatic heterocycles. The predicted molar refractivity (Wildman–Crippen MR) is 111 cm³/mol. The minimum absolute atomic E-state index is 0.0200. The van der Waals surface area contributed by atoms with Crippen molar-refractivity contribution in [2.24, 2.45) is 0 Å². The van der Waals surface area contributed by atoms with Gasteiger partial charge >= 0.3 is 5.97 Å². The molecule has 0 radical (unpaired) electrons. The van der Waals surface area contributed by atoms with Crippen molar-refractivity contribution >= 4 is 29.1 Å². The number of nitrogens with zero attached hydrogens (tertiary/aromatic N) is 3. The van der Waals surface area contributed by atoms with E-state index in [2.05, 4.69) is 10.3 Å². The minimum atomic E-state index is -1.10. The van der Waals surface area contributed by atoms with Gasteiger partial charge in [0.2, 0.25) is 5.91 Å². The topological polar surface area (TPSA) is 93.5 Å². The molecule has 1 atom stereocenters. The van der Waals surface area contributed by atoms with Gasteiger partial charge in [-0.25, -0.2) is 9.78 Å². The van der Waals surface area contributed by atoms with Crippen molar-refractivity contribution in [2.45, 2.75) is 63.7 Å². The molecule has 0 unspecified atom stereocenters. The molecule has 2 aromatic rings. The number of amides is 2. The van der Waals surface area contributed by atoms with E-state index in [0.29, 0.717) is 0 Å². The molecule has 30 heavy (non-hydrogen) atoms. The number of fused-ring (bicyclic) bond motifs is 1. The summed E-state index contributed by atoms with van der Waals surface area (Å²) in [4.78, 5) is 45.8. The average molecular weight is 431 g/mol. The number of hydrogen-bond acceptors (Lipinski definition) is 6. The second-order valence-electron chi connectivity index (χ2n) is 8.11. The van der Waals surface area contributed by atoms with Crippen LogP contribution in [0.4, 0.5) is 0 Å². The molecule has 9 heteroatoms. The highest BCUT2D eigenvalue weighted by Gasteiger charge is 2.49. The van der Waals surface area contributed by atoms with E-state index in [4.69, 9.17) is 4.74 Å². The van der Waals surface area contributed by atoms with Crippen molar-refractivity contribution in [1.82, 2.24) is 19.8 Å². The Morgan fingerprint density at radius 1 is 1.33 bits per heavy atom. The largest absolute Gasteiger partial charge is 0.464 e. The van der Waals surface area contributed by atoms with Crippen molar-refractivity contribution in [3.8, 4) is 0 Å². The summed E-state index contributed by atoms with van der Waals surface area (Å²) in [6.45, 7) is 2.30. The van der Waals surface area contributed by atoms with Crippen molar-refractivity contribution in [2.75, 3.05) is 7.11 Å². The third kappa shape index (κ3) is 3.62. The van der Waals surface area contributed by atoms with Crippen LogP contribution in [-0.2, 0) is 22.6 Å². The zero-order chi connectivity index (χ0) is 21.3. The van der Waals surface area contributed by atoms with Crippen LogP contribution >= 0.6 is 11.3 Å². The lowest BCUT2D eigenvalue weighted by Gasteiger charge is -2.44. The van der Waals surface area contributed by atoms with E-state index in [1.807, 2.05) is 17.5 Å². The highest BCUT2D eigenvalue weighted by atomic mass is 32.1. The summed E-state index contributed by atoms with van der Waals surface area (Å²) in [7, 11) is 1.26. The van der Waals surface area contributed by atoms with Gasteiger partial charge in [-0.15, -0.1) is 11.3 Å². The van der Waals surface area contributed by atoms with Gasteiger partial charge in [-0.3, -0.25) is 9.59 Å². The number of nitrogens with one attached hydrogen (secondary N) is 1. The van der Waals surface area contributed by atoms with Gasteiger partial charge in [-0.2, -0.15) is 0 Å². The Bertz CT molecular complexity index is 948. The first-order valence-electron chi connectivity index (χ1n) is 10.2. The summed E-state index contributed by atoms with van der Waals surface area (Å²) in [5, 5.41) is 5.11. The number of carbonyl (C=O) groups is 3. The zero-order valence-corrected chi connectivity index (χ0v) is 18.0. The summed E-state index contributed by atoms with van der Waals surface area (Å²) in [6, 6.07) is 3.99. The van der Waals surface area contributed by atoms with Crippen LogP contribution in [0.25, 0.3) is 0 Å². The molecule has 8 nitrogen and oxygen atoms in total. The van der Waals surface area contributed by atoms with Crippen LogP contribution in [0.3, 0.4) is 0 Å². The number of aromatic nitrogens is 2. The maximum atomic E-state index is 13.5. The molecular formula is C21H26N4O4S. The van der Waals surface area contributed by atoms with E-state index in [-0.39, 0.29) is 36.4 Å². The van der Waals surface area contributed by atoms with E-state index < -0.39 is 17.4 Å². The molecule has 0 saturated heterocycles. The first-order valence-corrected chi connectivity index (χ1v) is 11.1. The number of hydrogen-bond donors (Lipinski definition) is 1. The lowest BCUT2D eigenvalue weighted by molar-refractivity contribution is -0.134. The van der Waals surface area contributed by atoms with Crippen molar-refractivity contribution in [3.63, 3.8) is 0 Å². The summed E-state index contributed by atoms with van der Waals surface area (Å²) in [6.07, 6.45) is 6.77. The van der Waals surface area contributed by atoms with Crippen molar-refractivity contribution in [3.05, 3.63) is 40.1 Å². The summed E-state index contributed by atoms with van der Waals surface area (Å²) < 4.78 is 6.38. The Hall–Kier alpha value is -2.68. The highest BCUT2D eigenvalue weighted by molar-refractivity contribution is 7.09. The number of carbonyl (C=O) groups excluding carboxylic acids is 3. The van der Waals surface area contributed by atoms with Crippen LogP contribution in [0.1, 0.15) is 64.9 Å². The molecular weight excluding hydrogens is 404 g/mol. The molecule has 0 spiro atoms. The van der Waals surface area contributed by atoms with Gasteiger partial charge in [-0.05, 0) is 31.2 Å². The van der Waals surface area contributed by atoms with Crippen LogP contribution in [-0.4, -0.2) is 50.9 Å². The molecule has 1 aliphatic carbocycles. The maximum Gasteiger partial charge on any atom is 0.359 e. The Labute approximate surface area is 179 Å². The second kappa shape index (κ2) is 8.22. The monoisotopic (exact) mass is 430 g/mol. The average Bonchev–Trinajstić information content (AvgIpc) is 3.41. The first-order chi connectivity index (χ1) is 14.4. The van der Waals surface area contributed by atoms with Gasteiger partial charge < -0.3 is 19.5 Å². The molecule has 2 aromatic heterocycles. The zero-order valence-electron chi connectivity index (χ0n) is 17.2. The summed E-state index contributed by atoms with van der Waals surface area (Å²) in [5.74, 6) is -1.23. The Balaban J connectivity index is 1.69. The third-order valence-electron chi connectivity index (χ3n) is 6.06. The quantitative estimate of drug-likeness (QED) is 0.736. The minimum Gasteiger partial charge on any atom is -0.464 e. The van der Waals surface area contributed by atoms with Gasteiger partial charge in [-0.1, -0.05) is 25.3 Å². The van der Waals surface area contributed by atoms with Gasteiger partial charge in [0.15, 0.2) is 5.69 Å². The number of rotatable bonds is 5. The Morgan fingerprint density at radius 3 is 2.77 bits per heavy atom. The fourth-order valence-electron chi connectivity index (χ4n) is 4.33. The summed E-state index contributed by atoms with van der Waals surface area (Å²) in [5.41, 5.74) is -0.950. The van der Waals surface area contributed by atoms with E-state index in [0.717, 1.165) is 30.6 Å². The van der Waals surface area contributed by atoms with Crippen LogP contribution in [0, 0.1) is 0 Å². The normalized spacial score (nSPS) is 21.9. The SMILES string of the molecule is COC(=O)c1ncn2c1C(=O)N(Cc1cccs1)[C@@](C)(C(=O)NC1CCCCC1)C2. The van der Waals surface area contributed by atoms with Crippen LogP contribution in [0.2, 0.25) is 0 Å². The van der Waals surface area contributed by atoms with Gasteiger partial charge in [0.05, 0.1) is 26.5 Å². The number of esters is 1. The molecule has 2 amide bonds. The van der Waals surface area contributed by atoms with Gasteiger partial charge in [0.25, 0.3) is 5.91 Å². The molecule has 1 N–H and O–H groups in total. The van der Waals surface area contributed by atoms with E-state index in [1.165, 1.54) is 31.2 Å². The molecule has 2 aliphatic rings. The number of methoxy groups -OCH3 is 1. The molecule has 4 rings (SSSR count). The maximum absolute atomic E-state index is 13.5. The fourth-order valence-corrected chi connectivity index (χ4v) is 5.02. The van der Waals surface area contributed by atoms with Gasteiger partial charge in [0.1, 0.15) is 11.2 Å². The van der Waals surface area contributed by atoms with Crippen molar-refractivity contribution in [1.29, 1.82) is 0 Å². The fraction of sp³-hybridized carbons (Fsp3) is 0.524. The predicted octanol–water partition coefficient (Wildman–Crippen LogP) is 2.59. The number of ether oxygens (including phenoxy) is 1. The molecule has 0 bridgehead atoms. The standard InChI is InChI=1S/C21H26N4O4S/c1-21(20(28)23-14-7-4-3-5-8-14)12-24-13-22-16(19(27)29-2)17(24)18(26)25(21)11-15-9-6-10-30-15/h6,9-10,13-14H,3-5,7-8,11-12H2,1-2H3,(H,23,28)/t21-/m1/s1. The van der Waals surface area contributed by atoms with E-state index >= 15 is 0 Å².